The van der Waals surface area contributed by atoms with Gasteiger partial charge in [0.15, 0.2) is 0 Å². The summed E-state index contributed by atoms with van der Waals surface area (Å²) in [5, 5.41) is 11.1. The molecule has 132 valence electrons. The summed E-state index contributed by atoms with van der Waals surface area (Å²) in [5.41, 5.74) is 1.14. The first-order valence-electron chi connectivity index (χ1n) is 9.38. The van der Waals surface area contributed by atoms with Gasteiger partial charge >= 0.3 is 0 Å². The number of ether oxygens (including phenoxy) is 1. The van der Waals surface area contributed by atoms with Crippen LogP contribution in [0.4, 0.5) is 5.13 Å². The third kappa shape index (κ3) is 3.61. The maximum absolute atomic E-state index is 5.95. The van der Waals surface area contributed by atoms with Crippen LogP contribution in [0.3, 0.4) is 0 Å². The minimum Gasteiger partial charge on any atom is -0.477 e. The number of anilines is 1. The molecule has 0 unspecified atom stereocenters. The van der Waals surface area contributed by atoms with Gasteiger partial charge in [-0.2, -0.15) is 0 Å². The molecule has 0 aromatic carbocycles. The first-order chi connectivity index (χ1) is 12.3. The average molecular weight is 357 g/mol. The molecule has 1 saturated heterocycles. The SMILES string of the molecule is c1nc(OCC2CCN(c3nnc(C4CC4)s3)CC2)cc(C2CC2)n1. The van der Waals surface area contributed by atoms with E-state index in [4.69, 9.17) is 4.74 Å². The van der Waals surface area contributed by atoms with Crippen molar-refractivity contribution in [2.45, 2.75) is 50.4 Å². The largest absolute Gasteiger partial charge is 0.477 e. The van der Waals surface area contributed by atoms with E-state index < -0.39 is 0 Å². The molecule has 3 heterocycles. The van der Waals surface area contributed by atoms with Gasteiger partial charge in [-0.25, -0.2) is 9.97 Å². The van der Waals surface area contributed by atoms with Crippen molar-refractivity contribution in [2.24, 2.45) is 5.92 Å². The first-order valence-corrected chi connectivity index (χ1v) is 10.2. The Balaban J connectivity index is 1.12. The van der Waals surface area contributed by atoms with Crippen molar-refractivity contribution in [1.82, 2.24) is 20.2 Å². The van der Waals surface area contributed by atoms with Gasteiger partial charge in [-0.15, -0.1) is 10.2 Å². The van der Waals surface area contributed by atoms with Gasteiger partial charge in [-0.05, 0) is 44.4 Å². The zero-order chi connectivity index (χ0) is 16.6. The highest BCUT2D eigenvalue weighted by Crippen LogP contribution is 2.43. The Bertz CT molecular complexity index is 735. The first kappa shape index (κ1) is 15.5. The lowest BCUT2D eigenvalue weighted by Gasteiger charge is -2.31. The molecule has 3 aliphatic rings. The van der Waals surface area contributed by atoms with E-state index in [1.807, 2.05) is 6.07 Å². The lowest BCUT2D eigenvalue weighted by atomic mass is 9.98. The molecular formula is C18H23N5OS. The van der Waals surface area contributed by atoms with E-state index in [1.165, 1.54) is 30.7 Å². The van der Waals surface area contributed by atoms with Crippen LogP contribution < -0.4 is 9.64 Å². The quantitative estimate of drug-likeness (QED) is 0.790. The van der Waals surface area contributed by atoms with E-state index in [9.17, 15) is 0 Å². The molecule has 2 aliphatic carbocycles. The molecule has 2 aromatic rings. The molecule has 5 rings (SSSR count). The molecule has 0 N–H and O–H groups in total. The third-order valence-corrected chi connectivity index (χ3v) is 6.51. The standard InChI is InChI=1S/C18H23N5OS/c1-2-13(1)15-9-16(20-11-19-15)24-10-12-5-7-23(8-6-12)18-22-21-17(25-18)14-3-4-14/h9,11-14H,1-8,10H2. The van der Waals surface area contributed by atoms with Gasteiger partial charge in [-0.1, -0.05) is 11.3 Å². The number of hydrogen-bond acceptors (Lipinski definition) is 7. The maximum atomic E-state index is 5.95. The van der Waals surface area contributed by atoms with Gasteiger partial charge in [0.1, 0.15) is 11.3 Å². The maximum Gasteiger partial charge on any atom is 0.216 e. The Morgan fingerprint density at radius 1 is 1.00 bits per heavy atom. The zero-order valence-electron chi connectivity index (χ0n) is 14.3. The summed E-state index contributed by atoms with van der Waals surface area (Å²) in [6.07, 6.45) is 9.00. The molecule has 3 fully saturated rings. The predicted molar refractivity (Wildman–Crippen MR) is 96.3 cm³/mol. The molecule has 0 atom stereocenters. The minimum absolute atomic E-state index is 0.589. The van der Waals surface area contributed by atoms with Crippen molar-refractivity contribution in [1.29, 1.82) is 0 Å². The molecule has 7 heteroatoms. The van der Waals surface area contributed by atoms with Crippen molar-refractivity contribution in [2.75, 3.05) is 24.6 Å². The second-order valence-electron chi connectivity index (χ2n) is 7.49. The van der Waals surface area contributed by atoms with Crippen LogP contribution in [0.2, 0.25) is 0 Å². The van der Waals surface area contributed by atoms with Crippen molar-refractivity contribution >= 4 is 16.5 Å². The molecule has 0 spiro atoms. The number of nitrogens with zero attached hydrogens (tertiary/aromatic N) is 5. The molecule has 0 amide bonds. The summed E-state index contributed by atoms with van der Waals surface area (Å²) in [7, 11) is 0. The second kappa shape index (κ2) is 6.52. The molecule has 0 radical (unpaired) electrons. The zero-order valence-corrected chi connectivity index (χ0v) is 15.1. The summed E-state index contributed by atoms with van der Waals surface area (Å²) in [4.78, 5) is 11.0. The summed E-state index contributed by atoms with van der Waals surface area (Å²) >= 11 is 1.79. The highest BCUT2D eigenvalue weighted by molar-refractivity contribution is 7.15. The van der Waals surface area contributed by atoms with Crippen molar-refractivity contribution < 1.29 is 4.74 Å². The van der Waals surface area contributed by atoms with Crippen molar-refractivity contribution in [3.05, 3.63) is 23.1 Å². The van der Waals surface area contributed by atoms with Crippen LogP contribution in [0.1, 0.15) is 61.1 Å². The van der Waals surface area contributed by atoms with Crippen LogP contribution >= 0.6 is 11.3 Å². The van der Waals surface area contributed by atoms with Crippen LogP contribution in [0.25, 0.3) is 0 Å². The van der Waals surface area contributed by atoms with E-state index >= 15 is 0 Å². The molecule has 1 aliphatic heterocycles. The Morgan fingerprint density at radius 2 is 1.80 bits per heavy atom. The number of piperidine rings is 1. The summed E-state index contributed by atoms with van der Waals surface area (Å²) in [6, 6.07) is 2.02. The molecular weight excluding hydrogens is 334 g/mol. The highest BCUT2D eigenvalue weighted by Gasteiger charge is 2.29. The summed E-state index contributed by atoms with van der Waals surface area (Å²) < 4.78 is 5.95. The smallest absolute Gasteiger partial charge is 0.216 e. The van der Waals surface area contributed by atoms with Crippen LogP contribution in [-0.2, 0) is 0 Å². The van der Waals surface area contributed by atoms with Crippen LogP contribution in [0, 0.1) is 5.92 Å². The van der Waals surface area contributed by atoms with Crippen LogP contribution in [0.15, 0.2) is 12.4 Å². The highest BCUT2D eigenvalue weighted by atomic mass is 32.1. The van der Waals surface area contributed by atoms with E-state index in [2.05, 4.69) is 25.1 Å². The van der Waals surface area contributed by atoms with Gasteiger partial charge < -0.3 is 9.64 Å². The van der Waals surface area contributed by atoms with E-state index in [0.29, 0.717) is 17.8 Å². The molecule has 2 aromatic heterocycles. The predicted octanol–water partition coefficient (Wildman–Crippen LogP) is 3.38. The van der Waals surface area contributed by atoms with Crippen molar-refractivity contribution in [3.63, 3.8) is 0 Å². The summed E-state index contributed by atoms with van der Waals surface area (Å²) in [5.74, 6) is 2.66. The molecule has 25 heavy (non-hydrogen) atoms. The van der Waals surface area contributed by atoms with Crippen LogP contribution in [0.5, 0.6) is 5.88 Å². The Morgan fingerprint density at radius 3 is 2.56 bits per heavy atom. The van der Waals surface area contributed by atoms with Gasteiger partial charge in [-0.3, -0.25) is 0 Å². The van der Waals surface area contributed by atoms with E-state index in [0.717, 1.165) is 49.2 Å². The van der Waals surface area contributed by atoms with E-state index in [-0.39, 0.29) is 0 Å². The second-order valence-corrected chi connectivity index (χ2v) is 8.48. The normalized spacial score (nSPS) is 21.5. The topological polar surface area (TPSA) is 64.0 Å². The number of rotatable bonds is 6. The third-order valence-electron chi connectivity index (χ3n) is 5.37. The average Bonchev–Trinajstić information content (AvgIpc) is 3.59. The van der Waals surface area contributed by atoms with E-state index in [1.54, 1.807) is 17.7 Å². The lowest BCUT2D eigenvalue weighted by Crippen LogP contribution is -2.35. The molecule has 2 saturated carbocycles. The molecule has 6 nitrogen and oxygen atoms in total. The van der Waals surface area contributed by atoms with Gasteiger partial charge in [0.25, 0.3) is 0 Å². The van der Waals surface area contributed by atoms with Gasteiger partial charge in [0.2, 0.25) is 11.0 Å². The monoisotopic (exact) mass is 357 g/mol. The number of aromatic nitrogens is 4. The Hall–Kier alpha value is -1.76. The minimum atomic E-state index is 0.589. The van der Waals surface area contributed by atoms with Crippen LogP contribution in [-0.4, -0.2) is 39.9 Å². The fourth-order valence-electron chi connectivity index (χ4n) is 3.38. The number of hydrogen-bond donors (Lipinski definition) is 0. The Labute approximate surface area is 151 Å². The fourth-order valence-corrected chi connectivity index (χ4v) is 4.44. The fraction of sp³-hybridized carbons (Fsp3) is 0.667. The summed E-state index contributed by atoms with van der Waals surface area (Å²) in [6.45, 7) is 2.84. The van der Waals surface area contributed by atoms with Crippen molar-refractivity contribution in [3.8, 4) is 5.88 Å². The lowest BCUT2D eigenvalue weighted by molar-refractivity contribution is 0.215. The van der Waals surface area contributed by atoms with Gasteiger partial charge in [0.05, 0.1) is 12.3 Å². The molecule has 0 bridgehead atoms. The Kier molecular flexibility index (Phi) is 4.04. The van der Waals surface area contributed by atoms with Gasteiger partial charge in [0, 0.05) is 31.0 Å².